The van der Waals surface area contributed by atoms with E-state index in [0.29, 0.717) is 4.67 Å². The van der Waals surface area contributed by atoms with Gasteiger partial charge in [0.1, 0.15) is 0 Å². The molecule has 1 aromatic heterocycles. The van der Waals surface area contributed by atoms with Crippen LogP contribution in [0.3, 0.4) is 0 Å². The first kappa shape index (κ1) is 13.8. The van der Waals surface area contributed by atoms with Crippen LogP contribution in [0.15, 0.2) is 45.5 Å². The van der Waals surface area contributed by atoms with E-state index in [9.17, 15) is 4.79 Å². The van der Waals surface area contributed by atoms with Crippen LogP contribution in [0, 0.1) is 0 Å². The molecule has 2 rings (SSSR count). The molecule has 0 radical (unpaired) electrons. The first-order chi connectivity index (χ1) is 9.04. The lowest BCUT2D eigenvalue weighted by molar-refractivity contribution is 0.0995. The predicted molar refractivity (Wildman–Crippen MR) is 78.2 cm³/mol. The van der Waals surface area contributed by atoms with Crippen molar-refractivity contribution in [2.45, 2.75) is 6.54 Å². The lowest BCUT2D eigenvalue weighted by Crippen LogP contribution is -2.12. The summed E-state index contributed by atoms with van der Waals surface area (Å²) in [5.41, 5.74) is 1.95. The molecule has 0 aliphatic carbocycles. The molecule has 0 saturated carbocycles. The largest absolute Gasteiger partial charge is 0.444 e. The van der Waals surface area contributed by atoms with E-state index < -0.39 is 0 Å². The van der Waals surface area contributed by atoms with E-state index in [1.54, 1.807) is 12.1 Å². The quantitative estimate of drug-likeness (QED) is 0.938. The third kappa shape index (κ3) is 3.94. The van der Waals surface area contributed by atoms with Crippen molar-refractivity contribution < 1.29 is 9.21 Å². The van der Waals surface area contributed by atoms with Gasteiger partial charge in [-0.15, -0.1) is 0 Å². The van der Waals surface area contributed by atoms with E-state index in [1.165, 1.54) is 5.56 Å². The van der Waals surface area contributed by atoms with Gasteiger partial charge in [-0.05, 0) is 59.9 Å². The maximum Gasteiger partial charge on any atom is 0.291 e. The number of benzene rings is 1. The van der Waals surface area contributed by atoms with Crippen molar-refractivity contribution in [3.05, 3.63) is 52.4 Å². The van der Waals surface area contributed by atoms with Crippen LogP contribution < -0.4 is 5.32 Å². The van der Waals surface area contributed by atoms with Gasteiger partial charge in [-0.1, -0.05) is 12.1 Å². The summed E-state index contributed by atoms with van der Waals surface area (Å²) in [4.78, 5) is 13.9. The summed E-state index contributed by atoms with van der Waals surface area (Å²) < 4.78 is 5.73. The number of rotatable bonds is 4. The number of hydrogen-bond donors (Lipinski definition) is 1. The SMILES string of the molecule is CN(C)Cc1ccc(NC(=O)c2ccc(Br)o2)cc1. The summed E-state index contributed by atoms with van der Waals surface area (Å²) in [6.07, 6.45) is 0. The summed E-state index contributed by atoms with van der Waals surface area (Å²) >= 11 is 3.17. The summed E-state index contributed by atoms with van der Waals surface area (Å²) in [5, 5.41) is 2.78. The van der Waals surface area contributed by atoms with E-state index in [0.717, 1.165) is 12.2 Å². The Morgan fingerprint density at radius 1 is 1.21 bits per heavy atom. The molecule has 2 aromatic rings. The van der Waals surface area contributed by atoms with Crippen molar-refractivity contribution in [1.82, 2.24) is 4.90 Å². The van der Waals surface area contributed by atoms with Gasteiger partial charge in [0.25, 0.3) is 5.91 Å². The number of carbonyl (C=O) groups is 1. The summed E-state index contributed by atoms with van der Waals surface area (Å²) in [5.74, 6) is 0.0234. The highest BCUT2D eigenvalue weighted by atomic mass is 79.9. The van der Waals surface area contributed by atoms with Crippen LogP contribution >= 0.6 is 15.9 Å². The van der Waals surface area contributed by atoms with Crippen molar-refractivity contribution in [3.63, 3.8) is 0 Å². The van der Waals surface area contributed by atoms with Crippen LogP contribution in [-0.4, -0.2) is 24.9 Å². The third-order valence-electron chi connectivity index (χ3n) is 2.51. The molecule has 0 bridgehead atoms. The van der Waals surface area contributed by atoms with Crippen molar-refractivity contribution >= 4 is 27.5 Å². The lowest BCUT2D eigenvalue weighted by Gasteiger charge is -2.10. The van der Waals surface area contributed by atoms with Crippen LogP contribution in [0.25, 0.3) is 0 Å². The van der Waals surface area contributed by atoms with Gasteiger partial charge in [0.05, 0.1) is 0 Å². The Labute approximate surface area is 120 Å². The highest BCUT2D eigenvalue weighted by Gasteiger charge is 2.10. The van der Waals surface area contributed by atoms with E-state index in [4.69, 9.17) is 4.42 Å². The van der Waals surface area contributed by atoms with Gasteiger partial charge >= 0.3 is 0 Å². The number of nitrogens with zero attached hydrogens (tertiary/aromatic N) is 1. The molecule has 0 aliphatic heterocycles. The highest BCUT2D eigenvalue weighted by molar-refractivity contribution is 9.10. The molecule has 4 nitrogen and oxygen atoms in total. The summed E-state index contributed by atoms with van der Waals surface area (Å²) in [6.45, 7) is 0.874. The molecule has 0 aliphatic rings. The summed E-state index contributed by atoms with van der Waals surface area (Å²) in [6, 6.07) is 11.1. The minimum atomic E-state index is -0.258. The van der Waals surface area contributed by atoms with Crippen LogP contribution in [0.2, 0.25) is 0 Å². The normalized spacial score (nSPS) is 10.7. The van der Waals surface area contributed by atoms with E-state index >= 15 is 0 Å². The Kier molecular flexibility index (Phi) is 4.39. The van der Waals surface area contributed by atoms with E-state index in [2.05, 4.69) is 26.1 Å². The minimum absolute atomic E-state index is 0.258. The summed E-state index contributed by atoms with van der Waals surface area (Å²) in [7, 11) is 4.04. The maximum atomic E-state index is 11.9. The van der Waals surface area contributed by atoms with E-state index in [-0.39, 0.29) is 11.7 Å². The second kappa shape index (κ2) is 6.04. The van der Waals surface area contributed by atoms with Crippen LogP contribution in [0.5, 0.6) is 0 Å². The second-order valence-electron chi connectivity index (χ2n) is 4.49. The van der Waals surface area contributed by atoms with Gasteiger partial charge in [-0.25, -0.2) is 0 Å². The molecule has 0 fully saturated rings. The topological polar surface area (TPSA) is 45.5 Å². The van der Waals surface area contributed by atoms with Crippen molar-refractivity contribution in [3.8, 4) is 0 Å². The first-order valence-electron chi connectivity index (χ1n) is 5.85. The first-order valence-corrected chi connectivity index (χ1v) is 6.64. The van der Waals surface area contributed by atoms with Crippen molar-refractivity contribution in [1.29, 1.82) is 0 Å². The average Bonchev–Trinajstić information content (AvgIpc) is 2.78. The number of furan rings is 1. The van der Waals surface area contributed by atoms with Gasteiger partial charge in [-0.3, -0.25) is 4.79 Å². The standard InChI is InChI=1S/C14H15BrN2O2/c1-17(2)9-10-3-5-11(6-4-10)16-14(18)12-7-8-13(15)19-12/h3-8H,9H2,1-2H3,(H,16,18). The average molecular weight is 323 g/mol. The monoisotopic (exact) mass is 322 g/mol. The van der Waals surface area contributed by atoms with Gasteiger partial charge < -0.3 is 14.6 Å². The molecule has 0 atom stereocenters. The Bertz CT molecular complexity index is 561. The lowest BCUT2D eigenvalue weighted by atomic mass is 10.2. The fraction of sp³-hybridized carbons (Fsp3) is 0.214. The van der Waals surface area contributed by atoms with Gasteiger partial charge in [0, 0.05) is 12.2 Å². The highest BCUT2D eigenvalue weighted by Crippen LogP contribution is 2.16. The van der Waals surface area contributed by atoms with E-state index in [1.807, 2.05) is 38.4 Å². The zero-order valence-corrected chi connectivity index (χ0v) is 12.4. The maximum absolute atomic E-state index is 11.9. The van der Waals surface area contributed by atoms with Gasteiger partial charge in [0.15, 0.2) is 10.4 Å². The molecule has 19 heavy (non-hydrogen) atoms. The third-order valence-corrected chi connectivity index (χ3v) is 2.93. The molecule has 0 saturated heterocycles. The number of halogens is 1. The smallest absolute Gasteiger partial charge is 0.291 e. The predicted octanol–water partition coefficient (Wildman–Crippen LogP) is 3.36. The second-order valence-corrected chi connectivity index (χ2v) is 5.27. The Balaban J connectivity index is 2.01. The number of hydrogen-bond acceptors (Lipinski definition) is 3. The van der Waals surface area contributed by atoms with Gasteiger partial charge in [0.2, 0.25) is 0 Å². The van der Waals surface area contributed by atoms with Crippen molar-refractivity contribution in [2.24, 2.45) is 0 Å². The van der Waals surface area contributed by atoms with Crippen LogP contribution in [-0.2, 0) is 6.54 Å². The minimum Gasteiger partial charge on any atom is -0.444 e. The van der Waals surface area contributed by atoms with Crippen LogP contribution in [0.4, 0.5) is 5.69 Å². The molecule has 5 heteroatoms. The molecule has 1 amide bonds. The molecule has 1 heterocycles. The number of carbonyl (C=O) groups excluding carboxylic acids is 1. The fourth-order valence-electron chi connectivity index (χ4n) is 1.69. The number of amides is 1. The molecule has 0 spiro atoms. The molecule has 1 N–H and O–H groups in total. The van der Waals surface area contributed by atoms with Gasteiger partial charge in [-0.2, -0.15) is 0 Å². The zero-order valence-electron chi connectivity index (χ0n) is 10.8. The van der Waals surface area contributed by atoms with Crippen LogP contribution in [0.1, 0.15) is 16.1 Å². The number of anilines is 1. The Hall–Kier alpha value is -1.59. The zero-order chi connectivity index (χ0) is 13.8. The fourth-order valence-corrected chi connectivity index (χ4v) is 1.99. The van der Waals surface area contributed by atoms with Crippen molar-refractivity contribution in [2.75, 3.05) is 19.4 Å². The molecular formula is C14H15BrN2O2. The Morgan fingerprint density at radius 2 is 1.89 bits per heavy atom. The molecule has 1 aromatic carbocycles. The molecule has 100 valence electrons. The Morgan fingerprint density at radius 3 is 2.42 bits per heavy atom. The number of nitrogens with one attached hydrogen (secondary N) is 1. The molecule has 0 unspecified atom stereocenters. The molecular weight excluding hydrogens is 308 g/mol.